The number of hydrogen-bond acceptors (Lipinski definition) is 28. The number of aliphatic carboxylic acids is 1. The Morgan fingerprint density at radius 2 is 1.39 bits per heavy atom. The Hall–Kier alpha value is -11.0. The number of phenols is 3. The molecule has 0 spiro atoms. The Morgan fingerprint density at radius 1 is 0.726 bits per heavy atom. The number of benzene rings is 6. The first kappa shape index (κ1) is 92.2. The molecule has 11 bridgehead atoms. The van der Waals surface area contributed by atoms with Crippen LogP contribution < -0.4 is 78.7 Å². The van der Waals surface area contributed by atoms with E-state index in [0.717, 1.165) is 91.6 Å². The Balaban J connectivity index is 1.04. The van der Waals surface area contributed by atoms with E-state index in [0.29, 0.717) is 38.0 Å². The summed E-state index contributed by atoms with van der Waals surface area (Å²) in [5, 5.41) is 137. The molecule has 7 heterocycles. The number of carboxylic acid groups (broad SMARTS) is 1. The molecule has 0 radical (unpaired) electrons. The van der Waals surface area contributed by atoms with Crippen LogP contribution in [0.2, 0.25) is 10.0 Å². The maximum absolute atomic E-state index is 16.4. The molecule has 14 rings (SSSR count). The summed E-state index contributed by atoms with van der Waals surface area (Å²) >= 11 is 14.4. The molecular weight excluding hydrogens is 1660 g/mol. The van der Waals surface area contributed by atoms with E-state index < -0.39 is 249 Å². The molecule has 0 unspecified atom stereocenters. The average Bonchev–Trinajstić information content (AvgIpc) is 0.764. The first-order valence-corrected chi connectivity index (χ1v) is 41.2. The first-order chi connectivity index (χ1) is 59.1. The maximum atomic E-state index is 16.4. The quantitative estimate of drug-likeness (QED) is 0.0289. The molecule has 6 aromatic carbocycles. The second kappa shape index (κ2) is 40.3. The summed E-state index contributed by atoms with van der Waals surface area (Å²) in [7, 11) is 0. The van der Waals surface area contributed by atoms with Gasteiger partial charge in [-0.3, -0.25) is 38.4 Å². The van der Waals surface area contributed by atoms with Crippen LogP contribution in [0.5, 0.6) is 51.7 Å². The molecule has 8 aliphatic rings. The van der Waals surface area contributed by atoms with Crippen LogP contribution in [0, 0.1) is 5.92 Å². The Labute approximate surface area is 720 Å². The molecule has 3 fully saturated rings. The molecule has 2 saturated heterocycles. The number of aliphatic hydroxyl groups excluding tert-OH is 6. The van der Waals surface area contributed by atoms with E-state index in [4.69, 9.17) is 73.6 Å². The molecule has 19 atom stereocenters. The van der Waals surface area contributed by atoms with Crippen molar-refractivity contribution in [3.63, 3.8) is 0 Å². The maximum Gasteiger partial charge on any atom is 0.326 e. The molecule has 124 heavy (non-hydrogen) atoms. The van der Waals surface area contributed by atoms with Crippen molar-refractivity contribution in [3.05, 3.63) is 159 Å². The highest BCUT2D eigenvalue weighted by Gasteiger charge is 2.52. The molecule has 24 N–H and O–H groups in total. The van der Waals surface area contributed by atoms with Crippen molar-refractivity contribution < 1.29 is 127 Å². The highest BCUT2D eigenvalue weighted by atomic mass is 35.5. The predicted molar refractivity (Wildman–Crippen MR) is 440 cm³/mol. The number of rotatable bonds is 25. The average molecular weight is 1760 g/mol. The van der Waals surface area contributed by atoms with Crippen LogP contribution in [0.1, 0.15) is 155 Å². The van der Waals surface area contributed by atoms with E-state index in [9.17, 15) is 70.2 Å². The first-order valence-electron chi connectivity index (χ1n) is 40.5. The van der Waals surface area contributed by atoms with Gasteiger partial charge in [0.1, 0.15) is 107 Å². The number of aliphatic hydroxyl groups is 6. The Morgan fingerprint density at radius 3 is 2.04 bits per heavy atom. The third-order valence-corrected chi connectivity index (χ3v) is 23.4. The van der Waals surface area contributed by atoms with Gasteiger partial charge in [-0.15, -0.1) is 6.58 Å². The summed E-state index contributed by atoms with van der Waals surface area (Å²) in [5.41, 5.74) is 14.7. The standard InChI is InChI=1S/C85H101Cl2N11O26/c1-4-5-24-118-46-15-11-12-39(25-46)36-91-85(3)35-63(119-38(2)76(85)109)123-75-73(108)72(107)60(37-99)122-84(75)124-74-58-29-44-30-59(74)121-57-22-19-43(28-50(57)87)71(106)69-82(115)97-67(80(113)92-52(83(116)117)16-9-10-23-88)48-31-45(100)32-55(102)64(48)47-26-41(17-20-54(47)101)65(78(111)98-69)96-79(112)66(44)95-77(110)53(34-61(90)103)93-81(114)68(70(105)42-18-21-56(120-58)49(86)27-42)94-62(104)33-51(89)40-13-7-6-8-14-40/h4,11-12,15,17-22,25-32,38,40,51-53,60,63,65-73,75-76,84,91,99-102,105-109H,1,5-10,13-14,16,23-24,33-37,88-89H2,2-3H3,(H2,90,103)(H,92,113)(H,93,114)(H,94,104)(H,95,110)(H,96,112)(H,97,115)(H,98,111)(H,116,117)/t38-,51+,52-,53-,60+,63-,65+,66+,67-,68+,69-,70+,71+,72+,73-,75+,76+,84-,85-/m0/s1. The largest absolute Gasteiger partial charge is 0.508 e. The van der Waals surface area contributed by atoms with Gasteiger partial charge in [0.25, 0.3) is 0 Å². The van der Waals surface area contributed by atoms with Gasteiger partial charge >= 0.3 is 5.97 Å². The van der Waals surface area contributed by atoms with Crippen molar-refractivity contribution in [2.75, 3.05) is 19.8 Å². The van der Waals surface area contributed by atoms with Gasteiger partial charge in [0.2, 0.25) is 59.3 Å². The van der Waals surface area contributed by atoms with Crippen LogP contribution in [0.3, 0.4) is 0 Å². The molecule has 7 aliphatic heterocycles. The summed E-state index contributed by atoms with van der Waals surface area (Å²) in [6.45, 7) is 6.68. The normalized spacial score (nSPS) is 27.1. The summed E-state index contributed by atoms with van der Waals surface area (Å²) in [6, 6.07) is 5.01. The van der Waals surface area contributed by atoms with Crippen LogP contribution in [-0.2, 0) is 63.9 Å². The number of aromatic hydroxyl groups is 3. The van der Waals surface area contributed by atoms with Crippen LogP contribution in [0.25, 0.3) is 11.1 Å². The second-order valence-electron chi connectivity index (χ2n) is 31.8. The minimum atomic E-state index is -2.40. The number of carboxylic acids is 1. The minimum Gasteiger partial charge on any atom is -0.508 e. The zero-order valence-corrected chi connectivity index (χ0v) is 68.9. The highest BCUT2D eigenvalue weighted by molar-refractivity contribution is 6.32. The van der Waals surface area contributed by atoms with Gasteiger partial charge in [0, 0.05) is 48.2 Å². The van der Waals surface area contributed by atoms with Crippen LogP contribution in [0.15, 0.2) is 116 Å². The number of carbonyl (C=O) groups is 9. The van der Waals surface area contributed by atoms with E-state index >= 15 is 24.0 Å². The number of carbonyl (C=O) groups excluding carboxylic acids is 8. The minimum absolute atomic E-state index is 0.0901. The lowest BCUT2D eigenvalue weighted by atomic mass is 9.83. The van der Waals surface area contributed by atoms with Crippen molar-refractivity contribution in [1.82, 2.24) is 42.5 Å². The van der Waals surface area contributed by atoms with Gasteiger partial charge < -0.3 is 144 Å². The molecular formula is C85H101Cl2N11O26. The van der Waals surface area contributed by atoms with Crippen molar-refractivity contribution >= 4 is 76.4 Å². The molecule has 1 aliphatic carbocycles. The van der Waals surface area contributed by atoms with Gasteiger partial charge in [0.05, 0.1) is 41.9 Å². The van der Waals surface area contributed by atoms with Crippen molar-refractivity contribution in [3.8, 4) is 62.9 Å². The Bertz CT molecular complexity index is 4990. The number of primary amides is 1. The third kappa shape index (κ3) is 21.3. The van der Waals surface area contributed by atoms with Crippen LogP contribution in [0.4, 0.5) is 0 Å². The monoisotopic (exact) mass is 1760 g/mol. The van der Waals surface area contributed by atoms with Gasteiger partial charge in [-0.05, 0) is 165 Å². The van der Waals surface area contributed by atoms with E-state index in [1.165, 1.54) is 12.1 Å². The number of fused-ring (bicyclic) bond motifs is 15. The molecule has 8 amide bonds. The van der Waals surface area contributed by atoms with Gasteiger partial charge in [-0.25, -0.2) is 4.79 Å². The van der Waals surface area contributed by atoms with E-state index in [1.807, 2.05) is 12.1 Å². The van der Waals surface area contributed by atoms with Crippen molar-refractivity contribution in [2.24, 2.45) is 23.1 Å². The van der Waals surface area contributed by atoms with Gasteiger partial charge in [-0.2, -0.15) is 0 Å². The number of hydrogen-bond donors (Lipinski definition) is 21. The summed E-state index contributed by atoms with van der Waals surface area (Å²) in [6.07, 6.45) is -12.9. The highest BCUT2D eigenvalue weighted by Crippen LogP contribution is 2.50. The molecule has 0 aromatic heterocycles. The number of amides is 8. The predicted octanol–water partition coefficient (Wildman–Crippen LogP) is 3.17. The number of nitrogens with two attached hydrogens (primary N) is 3. The fraction of sp³-hybridized carbons (Fsp3) is 0.447. The smallest absolute Gasteiger partial charge is 0.326 e. The van der Waals surface area contributed by atoms with Crippen LogP contribution in [-0.4, -0.2) is 209 Å². The second-order valence-corrected chi connectivity index (χ2v) is 32.6. The van der Waals surface area contributed by atoms with Gasteiger partial charge in [0.15, 0.2) is 23.9 Å². The summed E-state index contributed by atoms with van der Waals surface area (Å²) in [4.78, 5) is 134. The number of nitrogens with one attached hydrogen (secondary N) is 8. The SMILES string of the molecule is C=CCCOc1cccc(CN[C@@]2(C)C[C@H](O[C@H]3[C@H](Oc4c5cc6cc4Oc4ccc(cc4Cl)[C@@H](O)[C@@H](NC(=O)C[C@@H](N)C4CCCCC4)C(=O)N[C@@H](CC(N)=O)C(=O)N[C@H]6C(=O)N[C@H]4C(=O)N[C@H](C(=O)N[C@H](C(=O)N[C@@H](CCCCN)C(=O)O)c6cc(O)cc(O)c6-c6cc4ccc6O)[C@H](O)c4ccc(c(Cl)c4)O5)O[C@H](CO)[C@@H](O)[C@@H]3O)O[C@@H](C)[C@H]2O)c1. The fourth-order valence-corrected chi connectivity index (χ4v) is 16.5. The summed E-state index contributed by atoms with van der Waals surface area (Å²) in [5.74, 6) is -16.8. The van der Waals surface area contributed by atoms with Gasteiger partial charge in [-0.1, -0.05) is 78.9 Å². The molecule has 1 saturated carbocycles. The molecule has 6 aromatic rings. The Kier molecular flexibility index (Phi) is 30.0. The fourth-order valence-electron chi connectivity index (χ4n) is 16.1. The third-order valence-electron chi connectivity index (χ3n) is 22.8. The van der Waals surface area contributed by atoms with E-state index in [1.54, 1.807) is 32.1 Å². The number of ether oxygens (including phenoxy) is 7. The zero-order chi connectivity index (χ0) is 89.3. The lowest BCUT2D eigenvalue weighted by molar-refractivity contribution is -0.334. The number of unbranched alkanes of at least 4 members (excludes halogenated alkanes) is 1. The van der Waals surface area contributed by atoms with E-state index in [2.05, 4.69) is 49.1 Å². The molecule has 39 heteroatoms. The molecule has 37 nitrogen and oxygen atoms in total. The van der Waals surface area contributed by atoms with Crippen molar-refractivity contribution in [1.29, 1.82) is 0 Å². The summed E-state index contributed by atoms with van der Waals surface area (Å²) < 4.78 is 45.5. The van der Waals surface area contributed by atoms with Crippen molar-refractivity contribution in [2.45, 2.75) is 213 Å². The lowest BCUT2D eigenvalue weighted by Crippen LogP contribution is -2.65. The number of halogens is 2. The molecule has 666 valence electrons. The zero-order valence-electron chi connectivity index (χ0n) is 67.4. The van der Waals surface area contributed by atoms with Crippen LogP contribution >= 0.6 is 23.2 Å². The van der Waals surface area contributed by atoms with E-state index in [-0.39, 0.29) is 72.2 Å². The topological polar surface area (TPSA) is 595 Å². The number of phenolic OH excluding ortho intramolecular Hbond substituents is 3. The lowest BCUT2D eigenvalue weighted by Gasteiger charge is -2.48.